The number of hydrogen-bond donors (Lipinski definition) is 2. The molecule has 10 heteroatoms. The van der Waals surface area contributed by atoms with Gasteiger partial charge in [0.1, 0.15) is 12.1 Å². The van der Waals surface area contributed by atoms with Gasteiger partial charge >= 0.3 is 6.18 Å². The number of aromatic nitrogens is 2. The van der Waals surface area contributed by atoms with Gasteiger partial charge in [-0.3, -0.25) is 4.79 Å². The third-order valence-corrected chi connectivity index (χ3v) is 5.84. The molecule has 2 heterocycles. The molecular formula is C22H16ClF3N4OS. The molecule has 0 atom stereocenters. The lowest BCUT2D eigenvalue weighted by Gasteiger charge is -2.13. The number of fused-ring (bicyclic) bond motifs is 1. The van der Waals surface area contributed by atoms with Crippen molar-refractivity contribution in [3.05, 3.63) is 81.3 Å². The first-order valence-electron chi connectivity index (χ1n) is 9.46. The predicted molar refractivity (Wildman–Crippen MR) is 120 cm³/mol. The van der Waals surface area contributed by atoms with Gasteiger partial charge in [0.05, 0.1) is 22.5 Å². The second kappa shape index (κ2) is 9.13. The first-order valence-corrected chi connectivity index (χ1v) is 10.7. The summed E-state index contributed by atoms with van der Waals surface area (Å²) < 4.78 is 39.3. The number of nitrogens with zero attached hydrogens (tertiary/aromatic N) is 2. The molecule has 0 aliphatic rings. The lowest BCUT2D eigenvalue weighted by Crippen LogP contribution is -2.13. The molecule has 0 saturated carbocycles. The van der Waals surface area contributed by atoms with E-state index in [-0.39, 0.29) is 23.9 Å². The van der Waals surface area contributed by atoms with Crippen molar-refractivity contribution >= 4 is 51.3 Å². The molecule has 0 fully saturated rings. The van der Waals surface area contributed by atoms with Gasteiger partial charge in [-0.25, -0.2) is 9.97 Å². The highest BCUT2D eigenvalue weighted by Gasteiger charge is 2.33. The highest BCUT2D eigenvalue weighted by Crippen LogP contribution is 2.35. The number of amides is 1. The van der Waals surface area contributed by atoms with Gasteiger partial charge in [-0.2, -0.15) is 13.2 Å². The second-order valence-electron chi connectivity index (χ2n) is 6.92. The Balaban J connectivity index is 1.53. The summed E-state index contributed by atoms with van der Waals surface area (Å²) in [6, 6.07) is 12.7. The van der Waals surface area contributed by atoms with Gasteiger partial charge < -0.3 is 10.6 Å². The summed E-state index contributed by atoms with van der Waals surface area (Å²) in [5.41, 5.74) is 0.712. The summed E-state index contributed by atoms with van der Waals surface area (Å²) in [5.74, 6) is 0.284. The fraction of sp³-hybridized carbons (Fsp3) is 0.136. The van der Waals surface area contributed by atoms with E-state index in [1.807, 2.05) is 17.5 Å². The van der Waals surface area contributed by atoms with Gasteiger partial charge in [-0.15, -0.1) is 11.3 Å². The number of benzene rings is 2. The van der Waals surface area contributed by atoms with Crippen LogP contribution in [0.3, 0.4) is 0 Å². The van der Waals surface area contributed by atoms with E-state index in [2.05, 4.69) is 20.6 Å². The minimum absolute atomic E-state index is 0.0985. The Bertz CT molecular complexity index is 1260. The third-order valence-electron chi connectivity index (χ3n) is 4.63. The topological polar surface area (TPSA) is 66.9 Å². The number of carbonyl (C=O) groups is 1. The molecular weight excluding hydrogens is 461 g/mol. The summed E-state index contributed by atoms with van der Waals surface area (Å²) in [7, 11) is 0. The summed E-state index contributed by atoms with van der Waals surface area (Å²) in [6.45, 7) is 0.0985. The molecule has 0 aliphatic carbocycles. The first kappa shape index (κ1) is 22.0. The van der Waals surface area contributed by atoms with Gasteiger partial charge in [0.2, 0.25) is 5.91 Å². The maximum absolute atomic E-state index is 13.1. The molecule has 1 amide bonds. The Morgan fingerprint density at radius 2 is 1.94 bits per heavy atom. The molecule has 4 aromatic rings. The quantitative estimate of drug-likeness (QED) is 0.350. The number of anilines is 2. The fourth-order valence-corrected chi connectivity index (χ4v) is 4.07. The van der Waals surface area contributed by atoms with Crippen LogP contribution in [-0.2, 0) is 23.9 Å². The Morgan fingerprint density at radius 3 is 2.69 bits per heavy atom. The maximum atomic E-state index is 13.1. The summed E-state index contributed by atoms with van der Waals surface area (Å²) in [5, 5.41) is 8.08. The van der Waals surface area contributed by atoms with Crippen molar-refractivity contribution in [2.24, 2.45) is 0 Å². The van der Waals surface area contributed by atoms with Crippen LogP contribution in [0, 0.1) is 0 Å². The maximum Gasteiger partial charge on any atom is 0.417 e. The smallest absolute Gasteiger partial charge is 0.365 e. The lowest BCUT2D eigenvalue weighted by molar-refractivity contribution is -0.137. The van der Waals surface area contributed by atoms with Crippen molar-refractivity contribution in [2.45, 2.75) is 19.1 Å². The predicted octanol–water partition coefficient (Wildman–Crippen LogP) is 6.16. The monoisotopic (exact) mass is 476 g/mol. The van der Waals surface area contributed by atoms with Crippen LogP contribution in [0.2, 0.25) is 5.02 Å². The van der Waals surface area contributed by atoms with E-state index in [1.165, 1.54) is 29.8 Å². The van der Waals surface area contributed by atoms with Crippen LogP contribution >= 0.6 is 22.9 Å². The van der Waals surface area contributed by atoms with Crippen LogP contribution in [0.5, 0.6) is 0 Å². The van der Waals surface area contributed by atoms with E-state index < -0.39 is 11.7 Å². The number of halogens is 4. The van der Waals surface area contributed by atoms with Crippen LogP contribution in [0.25, 0.3) is 10.9 Å². The van der Waals surface area contributed by atoms with E-state index in [1.54, 1.807) is 18.2 Å². The van der Waals surface area contributed by atoms with Crippen LogP contribution in [0.15, 0.2) is 60.2 Å². The zero-order chi connectivity index (χ0) is 22.7. The van der Waals surface area contributed by atoms with Crippen molar-refractivity contribution in [1.29, 1.82) is 0 Å². The molecule has 0 unspecified atom stereocenters. The van der Waals surface area contributed by atoms with Gasteiger partial charge in [-0.05, 0) is 47.3 Å². The molecule has 2 aromatic heterocycles. The van der Waals surface area contributed by atoms with Crippen LogP contribution in [0.4, 0.5) is 24.7 Å². The zero-order valence-electron chi connectivity index (χ0n) is 16.4. The van der Waals surface area contributed by atoms with Crippen molar-refractivity contribution in [3.8, 4) is 0 Å². The van der Waals surface area contributed by atoms with E-state index in [9.17, 15) is 18.0 Å². The second-order valence-corrected chi connectivity index (χ2v) is 8.36. The van der Waals surface area contributed by atoms with Crippen LogP contribution in [-0.4, -0.2) is 15.9 Å². The Hall–Kier alpha value is -3.17. The molecule has 32 heavy (non-hydrogen) atoms. The zero-order valence-corrected chi connectivity index (χ0v) is 18.0. The molecule has 0 spiro atoms. The lowest BCUT2D eigenvalue weighted by atomic mass is 10.1. The number of alkyl halides is 3. The largest absolute Gasteiger partial charge is 0.417 e. The molecule has 0 aliphatic heterocycles. The van der Waals surface area contributed by atoms with Gasteiger partial charge in [0.15, 0.2) is 0 Å². The third kappa shape index (κ3) is 5.17. The Kier molecular flexibility index (Phi) is 6.29. The summed E-state index contributed by atoms with van der Waals surface area (Å²) in [6.07, 6.45) is -2.90. The van der Waals surface area contributed by atoms with Crippen LogP contribution in [0.1, 0.15) is 16.0 Å². The minimum Gasteiger partial charge on any atom is -0.365 e. The fourth-order valence-electron chi connectivity index (χ4n) is 3.14. The highest BCUT2D eigenvalue weighted by molar-refractivity contribution is 7.10. The van der Waals surface area contributed by atoms with E-state index in [4.69, 9.17) is 11.6 Å². The van der Waals surface area contributed by atoms with Crippen molar-refractivity contribution in [2.75, 3.05) is 10.6 Å². The van der Waals surface area contributed by atoms with Crippen molar-refractivity contribution < 1.29 is 18.0 Å². The normalized spacial score (nSPS) is 11.5. The van der Waals surface area contributed by atoms with E-state index in [0.29, 0.717) is 28.0 Å². The number of thiophene rings is 1. The Morgan fingerprint density at radius 1 is 1.09 bits per heavy atom. The molecule has 0 saturated heterocycles. The molecule has 4 rings (SSSR count). The van der Waals surface area contributed by atoms with Crippen LogP contribution < -0.4 is 10.6 Å². The van der Waals surface area contributed by atoms with Gasteiger partial charge in [0.25, 0.3) is 0 Å². The standard InChI is InChI=1S/C22H16ClF3N4OS/c23-18-5-3-13(8-17(18)22(24,25)26)11-27-21-16-9-14(4-6-19(16)28-12-29-21)30-20(31)10-15-2-1-7-32-15/h1-9,12H,10-11H2,(H,30,31)(H,27,28,29). The van der Waals surface area contributed by atoms with E-state index in [0.717, 1.165) is 10.9 Å². The Labute approximate surface area is 190 Å². The van der Waals surface area contributed by atoms with Gasteiger partial charge in [0, 0.05) is 22.5 Å². The molecule has 0 radical (unpaired) electrons. The SMILES string of the molecule is O=C(Cc1cccs1)Nc1ccc2ncnc(NCc3ccc(Cl)c(C(F)(F)F)c3)c2c1. The number of carbonyl (C=O) groups excluding carboxylic acids is 1. The highest BCUT2D eigenvalue weighted by atomic mass is 35.5. The molecule has 2 N–H and O–H groups in total. The number of hydrogen-bond acceptors (Lipinski definition) is 5. The molecule has 5 nitrogen and oxygen atoms in total. The molecule has 0 bridgehead atoms. The number of rotatable bonds is 6. The minimum atomic E-state index is -4.54. The average Bonchev–Trinajstić information content (AvgIpc) is 3.25. The van der Waals surface area contributed by atoms with Gasteiger partial charge in [-0.1, -0.05) is 23.7 Å². The summed E-state index contributed by atoms with van der Waals surface area (Å²) >= 11 is 7.19. The first-order chi connectivity index (χ1) is 15.3. The average molecular weight is 477 g/mol. The van der Waals surface area contributed by atoms with Crippen molar-refractivity contribution in [3.63, 3.8) is 0 Å². The number of nitrogens with one attached hydrogen (secondary N) is 2. The molecule has 164 valence electrons. The van der Waals surface area contributed by atoms with Crippen molar-refractivity contribution in [1.82, 2.24) is 9.97 Å². The summed E-state index contributed by atoms with van der Waals surface area (Å²) in [4.78, 5) is 21.7. The molecule has 2 aromatic carbocycles. The van der Waals surface area contributed by atoms with E-state index >= 15 is 0 Å².